The van der Waals surface area contributed by atoms with Gasteiger partial charge in [0.1, 0.15) is 5.69 Å². The third-order valence-corrected chi connectivity index (χ3v) is 3.34. The van der Waals surface area contributed by atoms with Crippen molar-refractivity contribution in [3.63, 3.8) is 0 Å². The van der Waals surface area contributed by atoms with Crippen molar-refractivity contribution in [1.82, 2.24) is 15.1 Å². The Morgan fingerprint density at radius 2 is 2.33 bits per heavy atom. The number of carbonyl (C=O) groups excluding carboxylic acids is 1. The highest BCUT2D eigenvalue weighted by Crippen LogP contribution is 2.34. The lowest BCUT2D eigenvalue weighted by atomic mass is 10.1. The first kappa shape index (κ1) is 13.1. The normalized spacial score (nSPS) is 16.9. The summed E-state index contributed by atoms with van der Waals surface area (Å²) in [7, 11) is 0. The smallest absolute Gasteiger partial charge is 0.269 e. The SMILES string of the molecule is CC(C)n1nccc1C(=O)NC(CCO)C1CC1. The molecule has 0 aromatic carbocycles. The van der Waals surface area contributed by atoms with Crippen LogP contribution in [0.15, 0.2) is 12.3 Å². The second-order valence-electron chi connectivity index (χ2n) is 5.18. The van der Waals surface area contributed by atoms with Crippen LogP contribution in [0.1, 0.15) is 49.6 Å². The molecule has 5 nitrogen and oxygen atoms in total. The van der Waals surface area contributed by atoms with Gasteiger partial charge in [-0.2, -0.15) is 5.10 Å². The molecular formula is C13H21N3O2. The Kier molecular flexibility index (Phi) is 4.01. The highest BCUT2D eigenvalue weighted by molar-refractivity contribution is 5.92. The summed E-state index contributed by atoms with van der Waals surface area (Å²) < 4.78 is 1.72. The summed E-state index contributed by atoms with van der Waals surface area (Å²) in [5.41, 5.74) is 0.591. The first-order chi connectivity index (χ1) is 8.63. The maximum absolute atomic E-state index is 12.2. The molecule has 1 saturated carbocycles. The monoisotopic (exact) mass is 251 g/mol. The lowest BCUT2D eigenvalue weighted by Gasteiger charge is -2.18. The van der Waals surface area contributed by atoms with E-state index in [1.807, 2.05) is 13.8 Å². The summed E-state index contributed by atoms with van der Waals surface area (Å²) in [6.45, 7) is 4.11. The van der Waals surface area contributed by atoms with Gasteiger partial charge in [-0.3, -0.25) is 9.48 Å². The largest absolute Gasteiger partial charge is 0.396 e. The maximum atomic E-state index is 12.2. The number of amides is 1. The van der Waals surface area contributed by atoms with Gasteiger partial charge in [-0.25, -0.2) is 0 Å². The van der Waals surface area contributed by atoms with Crippen molar-refractivity contribution in [1.29, 1.82) is 0 Å². The van der Waals surface area contributed by atoms with Crippen LogP contribution in [0.2, 0.25) is 0 Å². The minimum Gasteiger partial charge on any atom is -0.396 e. The van der Waals surface area contributed by atoms with Crippen LogP contribution in [0, 0.1) is 5.92 Å². The Hall–Kier alpha value is -1.36. The van der Waals surface area contributed by atoms with Gasteiger partial charge in [0.25, 0.3) is 5.91 Å². The van der Waals surface area contributed by atoms with Crippen molar-refractivity contribution >= 4 is 5.91 Å². The maximum Gasteiger partial charge on any atom is 0.269 e. The van der Waals surface area contributed by atoms with Crippen molar-refractivity contribution in [2.45, 2.75) is 45.2 Å². The van der Waals surface area contributed by atoms with Gasteiger partial charge < -0.3 is 10.4 Å². The summed E-state index contributed by atoms with van der Waals surface area (Å²) in [5.74, 6) is 0.447. The Morgan fingerprint density at radius 3 is 2.89 bits per heavy atom. The predicted molar refractivity (Wildman–Crippen MR) is 68.3 cm³/mol. The molecule has 1 amide bonds. The number of aliphatic hydroxyl groups is 1. The van der Waals surface area contributed by atoms with E-state index in [9.17, 15) is 4.79 Å². The first-order valence-corrected chi connectivity index (χ1v) is 6.58. The second-order valence-corrected chi connectivity index (χ2v) is 5.18. The molecular weight excluding hydrogens is 230 g/mol. The highest BCUT2D eigenvalue weighted by Gasteiger charge is 2.32. The number of carbonyl (C=O) groups is 1. The summed E-state index contributed by atoms with van der Waals surface area (Å²) >= 11 is 0. The molecule has 1 aromatic heterocycles. The van der Waals surface area contributed by atoms with Crippen LogP contribution >= 0.6 is 0 Å². The summed E-state index contributed by atoms with van der Waals surface area (Å²) in [6.07, 6.45) is 4.57. The van der Waals surface area contributed by atoms with Crippen molar-refractivity contribution in [3.8, 4) is 0 Å². The average molecular weight is 251 g/mol. The topological polar surface area (TPSA) is 67.2 Å². The third kappa shape index (κ3) is 2.90. The molecule has 1 atom stereocenters. The molecule has 100 valence electrons. The Balaban J connectivity index is 2.03. The van der Waals surface area contributed by atoms with Crippen LogP contribution in [0.5, 0.6) is 0 Å². The van der Waals surface area contributed by atoms with Crippen LogP contribution in [-0.2, 0) is 0 Å². The van der Waals surface area contributed by atoms with E-state index < -0.39 is 0 Å². The number of aliphatic hydroxyl groups excluding tert-OH is 1. The fourth-order valence-electron chi connectivity index (χ4n) is 2.21. The average Bonchev–Trinajstić information content (AvgIpc) is 3.04. The van der Waals surface area contributed by atoms with E-state index in [0.29, 0.717) is 18.0 Å². The Bertz CT molecular complexity index is 410. The molecule has 1 aromatic rings. The highest BCUT2D eigenvalue weighted by atomic mass is 16.3. The van der Waals surface area contributed by atoms with Crippen molar-refractivity contribution in [2.24, 2.45) is 5.92 Å². The van der Waals surface area contributed by atoms with E-state index in [-0.39, 0.29) is 24.6 Å². The molecule has 18 heavy (non-hydrogen) atoms. The van der Waals surface area contributed by atoms with Crippen LogP contribution in [0.4, 0.5) is 0 Å². The number of nitrogens with zero attached hydrogens (tertiary/aromatic N) is 2. The van der Waals surface area contributed by atoms with Crippen molar-refractivity contribution < 1.29 is 9.90 Å². The van der Waals surface area contributed by atoms with Crippen molar-refractivity contribution in [2.75, 3.05) is 6.61 Å². The first-order valence-electron chi connectivity index (χ1n) is 6.58. The molecule has 0 saturated heterocycles. The van der Waals surface area contributed by atoms with E-state index in [2.05, 4.69) is 10.4 Å². The number of aromatic nitrogens is 2. The number of hydrogen-bond acceptors (Lipinski definition) is 3. The number of rotatable bonds is 6. The molecule has 0 spiro atoms. The van der Waals surface area contributed by atoms with Gasteiger partial charge in [0.2, 0.25) is 0 Å². The fraction of sp³-hybridized carbons (Fsp3) is 0.692. The minimum absolute atomic E-state index is 0.0912. The molecule has 2 rings (SSSR count). The third-order valence-electron chi connectivity index (χ3n) is 3.34. The van der Waals surface area contributed by atoms with Crippen molar-refractivity contribution in [3.05, 3.63) is 18.0 Å². The zero-order valence-corrected chi connectivity index (χ0v) is 11.0. The molecule has 1 unspecified atom stereocenters. The van der Waals surface area contributed by atoms with Gasteiger partial charge in [-0.1, -0.05) is 0 Å². The van der Waals surface area contributed by atoms with Gasteiger partial charge >= 0.3 is 0 Å². The predicted octanol–water partition coefficient (Wildman–Crippen LogP) is 1.35. The summed E-state index contributed by atoms with van der Waals surface area (Å²) in [5, 5.41) is 16.2. The van der Waals surface area contributed by atoms with Gasteiger partial charge in [0, 0.05) is 24.9 Å². The van der Waals surface area contributed by atoms with E-state index in [1.54, 1.807) is 16.9 Å². The zero-order valence-electron chi connectivity index (χ0n) is 11.0. The van der Waals surface area contributed by atoms with Gasteiger partial charge in [-0.05, 0) is 45.1 Å². The zero-order chi connectivity index (χ0) is 13.1. The van der Waals surface area contributed by atoms with E-state index >= 15 is 0 Å². The molecule has 0 radical (unpaired) electrons. The van der Waals surface area contributed by atoms with Crippen LogP contribution in [0.3, 0.4) is 0 Å². The Labute approximate surface area is 107 Å². The quantitative estimate of drug-likeness (QED) is 0.802. The fourth-order valence-corrected chi connectivity index (χ4v) is 2.21. The van der Waals surface area contributed by atoms with Gasteiger partial charge in [0.05, 0.1) is 0 Å². The number of nitrogens with one attached hydrogen (secondary N) is 1. The molecule has 2 N–H and O–H groups in total. The molecule has 5 heteroatoms. The standard InChI is InChI=1S/C13H21N3O2/c1-9(2)16-12(5-7-14-16)13(18)15-11(6-8-17)10-3-4-10/h5,7,9-11,17H,3-4,6,8H2,1-2H3,(H,15,18). The van der Waals surface area contributed by atoms with Gasteiger partial charge in [0.15, 0.2) is 0 Å². The van der Waals surface area contributed by atoms with Crippen LogP contribution < -0.4 is 5.32 Å². The lowest BCUT2D eigenvalue weighted by Crippen LogP contribution is -2.38. The molecule has 0 aliphatic heterocycles. The van der Waals surface area contributed by atoms with E-state index in [0.717, 1.165) is 12.8 Å². The molecule has 1 aliphatic carbocycles. The summed E-state index contributed by atoms with van der Waals surface area (Å²) in [4.78, 5) is 12.2. The summed E-state index contributed by atoms with van der Waals surface area (Å²) in [6, 6.07) is 1.99. The lowest BCUT2D eigenvalue weighted by molar-refractivity contribution is 0.0911. The number of hydrogen-bond donors (Lipinski definition) is 2. The molecule has 1 aliphatic rings. The minimum atomic E-state index is -0.0912. The van der Waals surface area contributed by atoms with E-state index in [4.69, 9.17) is 5.11 Å². The Morgan fingerprint density at radius 1 is 1.61 bits per heavy atom. The van der Waals surface area contributed by atoms with Gasteiger partial charge in [-0.15, -0.1) is 0 Å². The molecule has 1 fully saturated rings. The van der Waals surface area contributed by atoms with E-state index in [1.165, 1.54) is 0 Å². The molecule has 1 heterocycles. The van der Waals surface area contributed by atoms with Crippen LogP contribution in [0.25, 0.3) is 0 Å². The molecule has 0 bridgehead atoms. The second kappa shape index (κ2) is 5.52. The van der Waals surface area contributed by atoms with Crippen LogP contribution in [-0.4, -0.2) is 33.4 Å².